The van der Waals surface area contributed by atoms with Gasteiger partial charge in [-0.3, -0.25) is 9.36 Å². The number of nitrogens with zero attached hydrogens (tertiary/aromatic N) is 2. The van der Waals surface area contributed by atoms with Gasteiger partial charge in [0.05, 0.1) is 16.6 Å². The molecule has 3 aromatic rings. The number of benzene rings is 1. The SMILES string of the molecule is CCCCCc1c(O)c2cccnc2n(-c2ccccc2)c1=O.[NaH]. The number of para-hydroxylation sites is 1. The molecule has 2 heterocycles. The molecule has 120 valence electrons. The van der Waals surface area contributed by atoms with E-state index >= 15 is 0 Å². The van der Waals surface area contributed by atoms with E-state index in [1.807, 2.05) is 30.3 Å². The Morgan fingerprint density at radius 2 is 1.83 bits per heavy atom. The third-order valence-corrected chi connectivity index (χ3v) is 4.05. The van der Waals surface area contributed by atoms with Crippen LogP contribution in [0.1, 0.15) is 31.7 Å². The van der Waals surface area contributed by atoms with Crippen LogP contribution in [0.4, 0.5) is 0 Å². The van der Waals surface area contributed by atoms with E-state index in [1.54, 1.807) is 22.9 Å². The first-order valence-corrected chi connectivity index (χ1v) is 8.01. The summed E-state index contributed by atoms with van der Waals surface area (Å²) in [6.07, 6.45) is 5.21. The Bertz CT molecular complexity index is 876. The Kier molecular flexibility index (Phi) is 6.60. The Morgan fingerprint density at radius 3 is 2.54 bits per heavy atom. The third-order valence-electron chi connectivity index (χ3n) is 4.05. The summed E-state index contributed by atoms with van der Waals surface area (Å²) in [4.78, 5) is 17.3. The van der Waals surface area contributed by atoms with Gasteiger partial charge >= 0.3 is 29.6 Å². The monoisotopic (exact) mass is 332 g/mol. The molecule has 3 rings (SSSR count). The van der Waals surface area contributed by atoms with Crippen LogP contribution in [-0.4, -0.2) is 44.2 Å². The summed E-state index contributed by atoms with van der Waals surface area (Å²) in [5.74, 6) is 0.0707. The van der Waals surface area contributed by atoms with Crippen LogP contribution in [-0.2, 0) is 6.42 Å². The van der Waals surface area contributed by atoms with E-state index in [4.69, 9.17) is 0 Å². The maximum absolute atomic E-state index is 13.0. The van der Waals surface area contributed by atoms with E-state index in [0.717, 1.165) is 24.9 Å². The Hall–Kier alpha value is -1.62. The van der Waals surface area contributed by atoms with Crippen molar-refractivity contribution < 1.29 is 5.11 Å². The van der Waals surface area contributed by atoms with E-state index in [2.05, 4.69) is 11.9 Å². The van der Waals surface area contributed by atoms with Crippen molar-refractivity contribution >= 4 is 40.6 Å². The van der Waals surface area contributed by atoms with E-state index in [9.17, 15) is 9.90 Å². The van der Waals surface area contributed by atoms with E-state index in [0.29, 0.717) is 23.0 Å². The Balaban J connectivity index is 0.00000208. The standard InChI is InChI=1S/C19H20N2O2.Na.H/c1-2-3-5-11-16-17(22)15-12-8-13-20-18(15)21(19(16)23)14-9-6-4-7-10-14;;/h4,6-10,12-13,22H,2-3,5,11H2,1H3;;. The van der Waals surface area contributed by atoms with Gasteiger partial charge in [-0.1, -0.05) is 38.0 Å². The van der Waals surface area contributed by atoms with E-state index < -0.39 is 0 Å². The first-order chi connectivity index (χ1) is 11.2. The molecule has 1 N–H and O–H groups in total. The number of aromatic nitrogens is 2. The predicted molar refractivity (Wildman–Crippen MR) is 99.4 cm³/mol. The molecular formula is C19H21N2NaO2. The number of pyridine rings is 2. The summed E-state index contributed by atoms with van der Waals surface area (Å²) in [5.41, 5.74) is 1.54. The summed E-state index contributed by atoms with van der Waals surface area (Å²) in [6, 6.07) is 13.0. The molecule has 0 radical (unpaired) electrons. The second-order valence-electron chi connectivity index (χ2n) is 5.63. The summed E-state index contributed by atoms with van der Waals surface area (Å²) < 4.78 is 1.59. The molecule has 0 amide bonds. The normalized spacial score (nSPS) is 10.5. The van der Waals surface area contributed by atoms with Crippen LogP contribution < -0.4 is 5.56 Å². The molecule has 0 unspecified atom stereocenters. The molecule has 0 aliphatic carbocycles. The Morgan fingerprint density at radius 1 is 1.08 bits per heavy atom. The first kappa shape index (κ1) is 18.7. The van der Waals surface area contributed by atoms with Crippen molar-refractivity contribution in [2.24, 2.45) is 0 Å². The molecule has 0 saturated carbocycles. The Labute approximate surface area is 163 Å². The van der Waals surface area contributed by atoms with Gasteiger partial charge in [0.15, 0.2) is 5.65 Å². The fourth-order valence-corrected chi connectivity index (χ4v) is 2.85. The van der Waals surface area contributed by atoms with Crippen LogP contribution in [0.5, 0.6) is 5.75 Å². The minimum atomic E-state index is -0.184. The molecule has 24 heavy (non-hydrogen) atoms. The molecule has 2 aromatic heterocycles. The summed E-state index contributed by atoms with van der Waals surface area (Å²) in [7, 11) is 0. The number of hydrogen-bond donors (Lipinski definition) is 1. The van der Waals surface area contributed by atoms with Gasteiger partial charge < -0.3 is 5.11 Å². The second kappa shape index (κ2) is 8.47. The van der Waals surface area contributed by atoms with E-state index in [-0.39, 0.29) is 40.9 Å². The van der Waals surface area contributed by atoms with Crippen molar-refractivity contribution in [1.82, 2.24) is 9.55 Å². The average molecular weight is 332 g/mol. The summed E-state index contributed by atoms with van der Waals surface area (Å²) in [6.45, 7) is 2.12. The van der Waals surface area contributed by atoms with Gasteiger partial charge in [0.2, 0.25) is 0 Å². The molecule has 0 fully saturated rings. The second-order valence-corrected chi connectivity index (χ2v) is 5.63. The van der Waals surface area contributed by atoms with Gasteiger partial charge in [0.1, 0.15) is 5.75 Å². The molecule has 0 saturated heterocycles. The molecule has 4 nitrogen and oxygen atoms in total. The van der Waals surface area contributed by atoms with Gasteiger partial charge in [-0.05, 0) is 37.1 Å². The zero-order valence-corrected chi connectivity index (χ0v) is 13.2. The van der Waals surface area contributed by atoms with Crippen molar-refractivity contribution in [3.05, 3.63) is 64.6 Å². The number of fused-ring (bicyclic) bond motifs is 1. The van der Waals surface area contributed by atoms with Crippen LogP contribution in [0.2, 0.25) is 0 Å². The van der Waals surface area contributed by atoms with Crippen LogP contribution in [0.15, 0.2) is 53.5 Å². The maximum atomic E-state index is 13.0. The first-order valence-electron chi connectivity index (χ1n) is 8.01. The van der Waals surface area contributed by atoms with Crippen LogP contribution in [0.25, 0.3) is 16.7 Å². The fraction of sp³-hybridized carbons (Fsp3) is 0.263. The molecule has 0 aliphatic rings. The molecule has 0 spiro atoms. The van der Waals surface area contributed by atoms with Gasteiger partial charge in [-0.2, -0.15) is 0 Å². The number of unbranched alkanes of at least 4 members (excludes halogenated alkanes) is 2. The zero-order valence-electron chi connectivity index (χ0n) is 13.2. The number of aromatic hydroxyl groups is 1. The van der Waals surface area contributed by atoms with Crippen molar-refractivity contribution in [2.75, 3.05) is 0 Å². The number of rotatable bonds is 5. The molecule has 0 bridgehead atoms. The number of hydrogen-bond acceptors (Lipinski definition) is 3. The molecule has 5 heteroatoms. The molecule has 0 atom stereocenters. The topological polar surface area (TPSA) is 55.1 Å². The van der Waals surface area contributed by atoms with Gasteiger partial charge in [-0.15, -0.1) is 0 Å². The minimum absolute atomic E-state index is 0. The molecular weight excluding hydrogens is 311 g/mol. The molecule has 0 aliphatic heterocycles. The predicted octanol–water partition coefficient (Wildman–Crippen LogP) is 3.18. The van der Waals surface area contributed by atoms with Crippen LogP contribution in [0, 0.1) is 0 Å². The van der Waals surface area contributed by atoms with Crippen molar-refractivity contribution in [1.29, 1.82) is 0 Å². The third kappa shape index (κ3) is 3.56. The fourth-order valence-electron chi connectivity index (χ4n) is 2.85. The zero-order chi connectivity index (χ0) is 16.2. The molecule has 1 aromatic carbocycles. The van der Waals surface area contributed by atoms with Gasteiger partial charge in [0.25, 0.3) is 5.56 Å². The summed E-state index contributed by atoms with van der Waals surface area (Å²) in [5, 5.41) is 11.2. The van der Waals surface area contributed by atoms with Gasteiger partial charge in [-0.25, -0.2) is 4.98 Å². The summed E-state index contributed by atoms with van der Waals surface area (Å²) >= 11 is 0. The van der Waals surface area contributed by atoms with E-state index in [1.165, 1.54) is 0 Å². The van der Waals surface area contributed by atoms with Crippen LogP contribution in [0.3, 0.4) is 0 Å². The van der Waals surface area contributed by atoms with Crippen molar-refractivity contribution in [3.63, 3.8) is 0 Å². The quantitative estimate of drug-likeness (QED) is 0.577. The van der Waals surface area contributed by atoms with Crippen molar-refractivity contribution in [3.8, 4) is 11.4 Å². The van der Waals surface area contributed by atoms with Gasteiger partial charge in [0, 0.05) is 6.20 Å². The van der Waals surface area contributed by atoms with Crippen LogP contribution >= 0.6 is 0 Å². The van der Waals surface area contributed by atoms with Crippen molar-refractivity contribution in [2.45, 2.75) is 32.6 Å². The average Bonchev–Trinajstić information content (AvgIpc) is 2.59.